The van der Waals surface area contributed by atoms with Gasteiger partial charge in [0.15, 0.2) is 0 Å². The van der Waals surface area contributed by atoms with Crippen molar-refractivity contribution in [2.45, 2.75) is 26.4 Å². The van der Waals surface area contributed by atoms with Crippen molar-refractivity contribution in [1.82, 2.24) is 30.8 Å². The SMILES string of the molecule is CCc1ccc(-c2nnn(CC(=O)NC(=O)NCc3cccs3)n2)cc1. The molecule has 0 spiro atoms. The number of carbonyl (C=O) groups is 2. The zero-order valence-electron chi connectivity index (χ0n) is 14.2. The van der Waals surface area contributed by atoms with Gasteiger partial charge in [0.2, 0.25) is 5.82 Å². The molecule has 0 aliphatic rings. The van der Waals surface area contributed by atoms with Crippen LogP contribution in [0.2, 0.25) is 0 Å². The molecule has 0 aliphatic heterocycles. The Kier molecular flexibility index (Phi) is 5.69. The molecule has 1 aromatic carbocycles. The van der Waals surface area contributed by atoms with E-state index in [1.807, 2.05) is 41.8 Å². The van der Waals surface area contributed by atoms with Crippen molar-refractivity contribution < 1.29 is 9.59 Å². The lowest BCUT2D eigenvalue weighted by molar-refractivity contribution is -0.121. The first-order valence-corrected chi connectivity index (χ1v) is 8.99. The van der Waals surface area contributed by atoms with Crippen molar-refractivity contribution in [2.24, 2.45) is 0 Å². The Hall–Kier alpha value is -3.07. The predicted molar refractivity (Wildman–Crippen MR) is 97.3 cm³/mol. The molecule has 2 aromatic heterocycles. The lowest BCUT2D eigenvalue weighted by Crippen LogP contribution is -2.40. The second kappa shape index (κ2) is 8.34. The number of rotatable bonds is 6. The fraction of sp³-hybridized carbons (Fsp3) is 0.235. The summed E-state index contributed by atoms with van der Waals surface area (Å²) < 4.78 is 0. The Morgan fingerprint density at radius 2 is 2.00 bits per heavy atom. The van der Waals surface area contributed by atoms with E-state index in [2.05, 4.69) is 33.0 Å². The third-order valence-corrected chi connectivity index (χ3v) is 4.49. The Labute approximate surface area is 154 Å². The van der Waals surface area contributed by atoms with Crippen LogP contribution in [0.1, 0.15) is 17.4 Å². The number of amides is 3. The highest BCUT2D eigenvalue weighted by atomic mass is 32.1. The maximum absolute atomic E-state index is 11.9. The second-order valence-electron chi connectivity index (χ2n) is 5.50. The minimum absolute atomic E-state index is 0.188. The molecule has 3 amide bonds. The van der Waals surface area contributed by atoms with Crippen LogP contribution in [0.25, 0.3) is 11.4 Å². The minimum Gasteiger partial charge on any atom is -0.333 e. The van der Waals surface area contributed by atoms with Gasteiger partial charge in [-0.05, 0) is 28.6 Å². The highest BCUT2D eigenvalue weighted by Crippen LogP contribution is 2.14. The van der Waals surface area contributed by atoms with Crippen LogP contribution in [-0.4, -0.2) is 32.1 Å². The van der Waals surface area contributed by atoms with Crippen LogP contribution in [0.3, 0.4) is 0 Å². The van der Waals surface area contributed by atoms with E-state index in [1.165, 1.54) is 16.9 Å². The van der Waals surface area contributed by atoms with E-state index in [-0.39, 0.29) is 6.54 Å². The van der Waals surface area contributed by atoms with Crippen LogP contribution in [0.4, 0.5) is 4.79 Å². The van der Waals surface area contributed by atoms with E-state index >= 15 is 0 Å². The number of carbonyl (C=O) groups excluding carboxylic acids is 2. The number of nitrogens with zero attached hydrogens (tertiary/aromatic N) is 4. The molecule has 0 saturated heterocycles. The number of thiophene rings is 1. The molecule has 9 heteroatoms. The number of aryl methyl sites for hydroxylation is 1. The van der Waals surface area contributed by atoms with E-state index in [0.29, 0.717) is 12.4 Å². The van der Waals surface area contributed by atoms with Gasteiger partial charge < -0.3 is 5.32 Å². The topological polar surface area (TPSA) is 102 Å². The summed E-state index contributed by atoms with van der Waals surface area (Å²) in [4.78, 5) is 25.8. The van der Waals surface area contributed by atoms with Gasteiger partial charge in [0.25, 0.3) is 5.91 Å². The first kappa shape index (κ1) is 17.7. The van der Waals surface area contributed by atoms with Crippen LogP contribution in [0.5, 0.6) is 0 Å². The van der Waals surface area contributed by atoms with Gasteiger partial charge in [0.05, 0.1) is 6.54 Å². The van der Waals surface area contributed by atoms with Crippen LogP contribution in [0, 0.1) is 0 Å². The molecule has 8 nitrogen and oxygen atoms in total. The largest absolute Gasteiger partial charge is 0.333 e. The molecule has 0 saturated carbocycles. The van der Waals surface area contributed by atoms with Crippen molar-refractivity contribution in [3.8, 4) is 11.4 Å². The third kappa shape index (κ3) is 4.73. The van der Waals surface area contributed by atoms with Gasteiger partial charge in [-0.1, -0.05) is 37.3 Å². The summed E-state index contributed by atoms with van der Waals surface area (Å²) in [5.74, 6) is -0.0819. The van der Waals surface area contributed by atoms with Crippen molar-refractivity contribution in [2.75, 3.05) is 0 Å². The average Bonchev–Trinajstić information content (AvgIpc) is 3.32. The molecule has 0 atom stereocenters. The van der Waals surface area contributed by atoms with Gasteiger partial charge in [-0.3, -0.25) is 10.1 Å². The van der Waals surface area contributed by atoms with Crippen LogP contribution in [-0.2, 0) is 24.3 Å². The first-order chi connectivity index (χ1) is 12.6. The molecule has 0 fully saturated rings. The van der Waals surface area contributed by atoms with Gasteiger partial charge in [0.1, 0.15) is 6.54 Å². The van der Waals surface area contributed by atoms with Crippen LogP contribution >= 0.6 is 11.3 Å². The Bertz CT molecular complexity index is 873. The lowest BCUT2D eigenvalue weighted by Gasteiger charge is -2.05. The molecule has 3 aromatic rings. The molecular formula is C17H18N6O2S. The maximum atomic E-state index is 11.9. The third-order valence-electron chi connectivity index (χ3n) is 3.61. The summed E-state index contributed by atoms with van der Waals surface area (Å²) in [6, 6.07) is 11.1. The van der Waals surface area contributed by atoms with Gasteiger partial charge in [-0.15, -0.1) is 21.5 Å². The number of imide groups is 1. The summed E-state index contributed by atoms with van der Waals surface area (Å²) in [5, 5.41) is 18.8. The predicted octanol–water partition coefficient (Wildman–Crippen LogP) is 1.99. The summed E-state index contributed by atoms with van der Waals surface area (Å²) in [6.45, 7) is 2.27. The fourth-order valence-electron chi connectivity index (χ4n) is 2.23. The van der Waals surface area contributed by atoms with Crippen LogP contribution in [0.15, 0.2) is 41.8 Å². The quantitative estimate of drug-likeness (QED) is 0.691. The molecule has 0 bridgehead atoms. The smallest absolute Gasteiger partial charge is 0.321 e. The number of nitrogens with one attached hydrogen (secondary N) is 2. The molecule has 26 heavy (non-hydrogen) atoms. The monoisotopic (exact) mass is 370 g/mol. The fourth-order valence-corrected chi connectivity index (χ4v) is 2.88. The number of urea groups is 1. The van der Waals surface area contributed by atoms with Gasteiger partial charge in [-0.25, -0.2) is 4.79 Å². The molecule has 3 rings (SSSR count). The Balaban J connectivity index is 1.51. The normalized spacial score (nSPS) is 10.5. The zero-order chi connectivity index (χ0) is 18.4. The van der Waals surface area contributed by atoms with Crippen LogP contribution < -0.4 is 10.6 Å². The standard InChI is InChI=1S/C17H18N6O2S/c1-2-12-5-7-13(8-6-12)16-20-22-23(21-16)11-15(24)19-17(25)18-10-14-4-3-9-26-14/h3-9H,2,10-11H2,1H3,(H2,18,19,24,25). The summed E-state index contributed by atoms with van der Waals surface area (Å²) >= 11 is 1.53. The van der Waals surface area contributed by atoms with E-state index in [9.17, 15) is 9.59 Å². The molecule has 0 aliphatic carbocycles. The van der Waals surface area contributed by atoms with Crippen molar-refractivity contribution in [3.63, 3.8) is 0 Å². The molecule has 0 unspecified atom stereocenters. The first-order valence-electron chi connectivity index (χ1n) is 8.11. The number of benzene rings is 1. The zero-order valence-corrected chi connectivity index (χ0v) is 15.0. The molecule has 134 valence electrons. The maximum Gasteiger partial charge on any atom is 0.321 e. The molecular weight excluding hydrogens is 352 g/mol. The number of hydrogen-bond acceptors (Lipinski definition) is 6. The van der Waals surface area contributed by atoms with E-state index in [0.717, 1.165) is 21.7 Å². The molecule has 2 N–H and O–H groups in total. The lowest BCUT2D eigenvalue weighted by atomic mass is 10.1. The van der Waals surface area contributed by atoms with Gasteiger partial charge >= 0.3 is 6.03 Å². The number of aromatic nitrogens is 4. The van der Waals surface area contributed by atoms with Crippen molar-refractivity contribution in [1.29, 1.82) is 0 Å². The number of tetrazole rings is 1. The molecule has 2 heterocycles. The highest BCUT2D eigenvalue weighted by Gasteiger charge is 2.12. The Morgan fingerprint density at radius 3 is 2.69 bits per heavy atom. The Morgan fingerprint density at radius 1 is 1.19 bits per heavy atom. The summed E-state index contributed by atoms with van der Waals surface area (Å²) in [5.41, 5.74) is 2.04. The van der Waals surface area contributed by atoms with E-state index < -0.39 is 11.9 Å². The minimum atomic E-state index is -0.557. The van der Waals surface area contributed by atoms with Crippen molar-refractivity contribution >= 4 is 23.3 Å². The highest BCUT2D eigenvalue weighted by molar-refractivity contribution is 7.09. The number of hydrogen-bond donors (Lipinski definition) is 2. The van der Waals surface area contributed by atoms with Gasteiger partial charge in [-0.2, -0.15) is 4.80 Å². The summed E-state index contributed by atoms with van der Waals surface area (Å²) in [7, 11) is 0. The van der Waals surface area contributed by atoms with Gasteiger partial charge in [0, 0.05) is 10.4 Å². The van der Waals surface area contributed by atoms with E-state index in [4.69, 9.17) is 0 Å². The summed E-state index contributed by atoms with van der Waals surface area (Å²) in [6.07, 6.45) is 0.953. The second-order valence-corrected chi connectivity index (χ2v) is 6.54. The molecule has 0 radical (unpaired) electrons. The average molecular weight is 370 g/mol. The van der Waals surface area contributed by atoms with Crippen molar-refractivity contribution in [3.05, 3.63) is 52.2 Å². The van der Waals surface area contributed by atoms with E-state index in [1.54, 1.807) is 0 Å².